The molecular formula is C26H45N3O4. The second-order valence-electron chi connectivity index (χ2n) is 11.6. The molecule has 2 aliphatic rings. The Morgan fingerprint density at radius 2 is 1.76 bits per heavy atom. The van der Waals surface area contributed by atoms with Gasteiger partial charge in [0.2, 0.25) is 17.7 Å². The summed E-state index contributed by atoms with van der Waals surface area (Å²) in [5.74, 6) is -2.15. The fourth-order valence-corrected chi connectivity index (χ4v) is 6.16. The average Bonchev–Trinajstić information content (AvgIpc) is 2.99. The Morgan fingerprint density at radius 1 is 1.12 bits per heavy atom. The van der Waals surface area contributed by atoms with E-state index in [4.69, 9.17) is 0 Å². The van der Waals surface area contributed by atoms with Gasteiger partial charge in [-0.05, 0) is 44.4 Å². The first-order valence-electron chi connectivity index (χ1n) is 12.5. The highest BCUT2D eigenvalue weighted by molar-refractivity contribution is 5.97. The van der Waals surface area contributed by atoms with Crippen LogP contribution in [-0.4, -0.2) is 59.0 Å². The van der Waals surface area contributed by atoms with Gasteiger partial charge in [0.25, 0.3) is 0 Å². The summed E-state index contributed by atoms with van der Waals surface area (Å²) in [4.78, 5) is 42.1. The van der Waals surface area contributed by atoms with Crippen molar-refractivity contribution < 1.29 is 19.5 Å². The lowest BCUT2D eigenvalue weighted by atomic mass is 9.68. The number of nitrogens with one attached hydrogen (secondary N) is 2. The zero-order valence-corrected chi connectivity index (χ0v) is 21.8. The maximum atomic E-state index is 13.8. The van der Waals surface area contributed by atoms with Crippen molar-refractivity contribution in [2.24, 2.45) is 29.1 Å². The zero-order valence-electron chi connectivity index (χ0n) is 21.8. The quantitative estimate of drug-likeness (QED) is 0.458. The summed E-state index contributed by atoms with van der Waals surface area (Å²) in [6.45, 7) is 14.1. The third kappa shape index (κ3) is 5.97. The molecule has 7 heteroatoms. The maximum absolute atomic E-state index is 13.8. The molecule has 1 heterocycles. The van der Waals surface area contributed by atoms with Gasteiger partial charge in [-0.2, -0.15) is 0 Å². The van der Waals surface area contributed by atoms with Gasteiger partial charge in [0.1, 0.15) is 6.04 Å². The summed E-state index contributed by atoms with van der Waals surface area (Å²) in [5, 5.41) is 16.0. The molecule has 2 rings (SSSR count). The molecule has 7 nitrogen and oxygen atoms in total. The summed E-state index contributed by atoms with van der Waals surface area (Å²) in [5.41, 5.74) is -0.448. The number of hydrogen-bond acceptors (Lipinski definition) is 4. The van der Waals surface area contributed by atoms with Crippen LogP contribution in [0.15, 0.2) is 12.2 Å². The number of rotatable bonds is 9. The molecule has 0 radical (unpaired) electrons. The smallest absolute Gasteiger partial charge is 0.243 e. The van der Waals surface area contributed by atoms with Crippen molar-refractivity contribution in [2.45, 2.75) is 91.8 Å². The fraction of sp³-hybridized carbons (Fsp3) is 0.808. The van der Waals surface area contributed by atoms with Crippen molar-refractivity contribution in [3.63, 3.8) is 0 Å². The highest BCUT2D eigenvalue weighted by Crippen LogP contribution is 2.46. The van der Waals surface area contributed by atoms with Gasteiger partial charge in [-0.25, -0.2) is 0 Å². The van der Waals surface area contributed by atoms with E-state index in [0.717, 1.165) is 19.3 Å². The van der Waals surface area contributed by atoms with Crippen LogP contribution in [-0.2, 0) is 14.4 Å². The second-order valence-corrected chi connectivity index (χ2v) is 11.6. The van der Waals surface area contributed by atoms with E-state index in [-0.39, 0.29) is 35.7 Å². The minimum Gasteiger partial charge on any atom is -0.394 e. The van der Waals surface area contributed by atoms with Crippen LogP contribution in [0.3, 0.4) is 0 Å². The maximum Gasteiger partial charge on any atom is 0.243 e. The van der Waals surface area contributed by atoms with Crippen LogP contribution in [0.4, 0.5) is 0 Å². The molecule has 1 aliphatic carbocycles. The van der Waals surface area contributed by atoms with Crippen molar-refractivity contribution in [3.8, 4) is 0 Å². The minimum atomic E-state index is -0.746. The Bertz CT molecular complexity index is 751. The number of aliphatic hydroxyl groups excluding tert-OH is 1. The number of hydrogen-bond donors (Lipinski definition) is 3. The Balaban J connectivity index is 2.50. The fourth-order valence-electron chi connectivity index (χ4n) is 6.16. The van der Waals surface area contributed by atoms with Crippen molar-refractivity contribution in [3.05, 3.63) is 12.2 Å². The summed E-state index contributed by atoms with van der Waals surface area (Å²) in [7, 11) is 1.59. The first-order valence-corrected chi connectivity index (χ1v) is 12.5. The number of fused-ring (bicyclic) bond motifs is 1. The Kier molecular flexibility index (Phi) is 8.77. The number of aliphatic hydroxyl groups is 1. The molecule has 6 atom stereocenters. The highest BCUT2D eigenvalue weighted by Gasteiger charge is 2.58. The number of allylic oxidation sites excluding steroid dienone is 1. The molecule has 1 fully saturated rings. The molecule has 1 saturated heterocycles. The molecule has 0 unspecified atom stereocenters. The van der Waals surface area contributed by atoms with Crippen LogP contribution in [0.1, 0.15) is 74.1 Å². The van der Waals surface area contributed by atoms with Gasteiger partial charge in [-0.15, -0.1) is 0 Å². The van der Waals surface area contributed by atoms with Crippen molar-refractivity contribution in [2.75, 3.05) is 13.7 Å². The van der Waals surface area contributed by atoms with E-state index in [9.17, 15) is 19.5 Å². The van der Waals surface area contributed by atoms with Crippen molar-refractivity contribution in [1.82, 2.24) is 15.5 Å². The van der Waals surface area contributed by atoms with E-state index in [2.05, 4.69) is 38.3 Å². The summed E-state index contributed by atoms with van der Waals surface area (Å²) in [6.07, 6.45) is 7.01. The van der Waals surface area contributed by atoms with E-state index < -0.39 is 35.4 Å². The van der Waals surface area contributed by atoms with Crippen LogP contribution < -0.4 is 10.6 Å². The summed E-state index contributed by atoms with van der Waals surface area (Å²) >= 11 is 0. The van der Waals surface area contributed by atoms with Crippen LogP contribution in [0.5, 0.6) is 0 Å². The molecule has 3 amide bonds. The lowest BCUT2D eigenvalue weighted by molar-refractivity contribution is -0.143. The third-order valence-electron chi connectivity index (χ3n) is 7.00. The number of likely N-dealkylation sites (tertiary alicyclic amines) is 1. The Labute approximate surface area is 199 Å². The van der Waals surface area contributed by atoms with E-state index >= 15 is 0 Å². The molecule has 0 bridgehead atoms. The normalized spacial score (nSPS) is 28.5. The van der Waals surface area contributed by atoms with Gasteiger partial charge in [0.05, 0.1) is 24.5 Å². The van der Waals surface area contributed by atoms with Crippen LogP contribution >= 0.6 is 0 Å². The number of carbonyl (C=O) groups is 3. The molecule has 0 aromatic carbocycles. The number of carbonyl (C=O) groups excluding carboxylic acids is 3. The summed E-state index contributed by atoms with van der Waals surface area (Å²) < 4.78 is 0. The zero-order chi connectivity index (χ0) is 25.1. The van der Waals surface area contributed by atoms with E-state index in [0.29, 0.717) is 6.42 Å². The number of nitrogens with zero attached hydrogens (tertiary/aromatic N) is 1. The molecule has 0 aromatic heterocycles. The van der Waals surface area contributed by atoms with Gasteiger partial charge in [0.15, 0.2) is 0 Å². The molecule has 1 aliphatic heterocycles. The van der Waals surface area contributed by atoms with Crippen LogP contribution in [0.25, 0.3) is 0 Å². The standard InChI is InChI=1S/C26H45N3O4/c1-9-11-16-12-13-18-20(19(16)22(31)27-8)24(33)29(17(10-2)14-30)21(18)23(32)28-26(6,7)15-25(3,4)5/h12-13,16-21,30H,9-11,14-15H2,1-8H3,(H,27,31)(H,28,32)/t16-,17+,18+,19-,20-,21+/m1/s1. The Morgan fingerprint density at radius 3 is 2.24 bits per heavy atom. The van der Waals surface area contributed by atoms with Crippen LogP contribution in [0, 0.1) is 29.1 Å². The predicted octanol–water partition coefficient (Wildman–Crippen LogP) is 2.88. The molecule has 3 N–H and O–H groups in total. The van der Waals surface area contributed by atoms with Gasteiger partial charge in [0, 0.05) is 18.5 Å². The van der Waals surface area contributed by atoms with Crippen molar-refractivity contribution in [1.29, 1.82) is 0 Å². The largest absolute Gasteiger partial charge is 0.394 e. The first-order chi connectivity index (χ1) is 15.3. The molecular weight excluding hydrogens is 418 g/mol. The van der Waals surface area contributed by atoms with Crippen molar-refractivity contribution >= 4 is 17.7 Å². The predicted molar refractivity (Wildman–Crippen MR) is 130 cm³/mol. The van der Waals surface area contributed by atoms with E-state index in [1.54, 1.807) is 11.9 Å². The molecule has 0 aromatic rings. The molecule has 33 heavy (non-hydrogen) atoms. The number of amides is 3. The summed E-state index contributed by atoms with van der Waals surface area (Å²) in [6, 6.07) is -1.21. The lowest BCUT2D eigenvalue weighted by Gasteiger charge is -2.38. The Hall–Kier alpha value is -1.89. The van der Waals surface area contributed by atoms with Gasteiger partial charge in [-0.1, -0.05) is 53.2 Å². The van der Waals surface area contributed by atoms with Gasteiger partial charge >= 0.3 is 0 Å². The third-order valence-corrected chi connectivity index (χ3v) is 7.00. The topological polar surface area (TPSA) is 98.7 Å². The second kappa shape index (κ2) is 10.6. The average molecular weight is 464 g/mol. The van der Waals surface area contributed by atoms with Gasteiger partial charge in [-0.3, -0.25) is 14.4 Å². The highest BCUT2D eigenvalue weighted by atomic mass is 16.3. The SMILES string of the molecule is CCC[C@@H]1C=C[C@H]2[C@@H](C(=O)N([C@@H](CC)CO)[C@@H]2C(=O)NC(C)(C)CC(C)(C)C)[C@@H]1C(=O)NC. The first kappa shape index (κ1) is 27.4. The molecule has 188 valence electrons. The van der Waals surface area contributed by atoms with E-state index in [1.807, 2.05) is 32.9 Å². The monoisotopic (exact) mass is 463 g/mol. The lowest BCUT2D eigenvalue weighted by Crippen LogP contribution is -2.56. The van der Waals surface area contributed by atoms with E-state index in [1.165, 1.54) is 0 Å². The minimum absolute atomic E-state index is 0.0178. The molecule has 0 spiro atoms. The molecule has 0 saturated carbocycles. The van der Waals surface area contributed by atoms with Crippen LogP contribution in [0.2, 0.25) is 0 Å². The van der Waals surface area contributed by atoms with Gasteiger partial charge < -0.3 is 20.6 Å².